The van der Waals surface area contributed by atoms with Gasteiger partial charge < -0.3 is 15.1 Å². The predicted octanol–water partition coefficient (Wildman–Crippen LogP) is 2.57. The molecule has 19 heavy (non-hydrogen) atoms. The van der Waals surface area contributed by atoms with Gasteiger partial charge in [0.25, 0.3) is 0 Å². The Hall–Kier alpha value is -1.06. The molecule has 1 rings (SSSR count). The third-order valence-corrected chi connectivity index (χ3v) is 3.24. The minimum absolute atomic E-state index is 0.960. The zero-order valence-electron chi connectivity index (χ0n) is 12.9. The first-order chi connectivity index (χ1) is 9.15. The monoisotopic (exact) mass is 263 g/mol. The largest absolute Gasteiger partial charge is 0.374 e. The lowest BCUT2D eigenvalue weighted by Crippen LogP contribution is -2.25. The molecule has 0 radical (unpaired) electrons. The van der Waals surface area contributed by atoms with Crippen LogP contribution in [0.2, 0.25) is 0 Å². The summed E-state index contributed by atoms with van der Waals surface area (Å²) in [6, 6.07) is 8.69. The molecule has 0 bridgehead atoms. The van der Waals surface area contributed by atoms with Crippen LogP contribution in [0.3, 0.4) is 0 Å². The minimum atomic E-state index is 0.960. The van der Waals surface area contributed by atoms with E-state index in [0.29, 0.717) is 0 Å². The van der Waals surface area contributed by atoms with E-state index in [9.17, 15) is 0 Å². The molecule has 3 nitrogen and oxygen atoms in total. The third-order valence-electron chi connectivity index (χ3n) is 3.24. The Balaban J connectivity index is 2.54. The van der Waals surface area contributed by atoms with E-state index < -0.39 is 0 Å². The standard InChI is InChI=1S/C16H29N3/c1-5-11-17-14-15-9-6-7-10-16(15)19(4)13-8-12-18(2)3/h6-7,9-10,17H,5,8,11-14H2,1-4H3. The maximum absolute atomic E-state index is 3.49. The summed E-state index contributed by atoms with van der Waals surface area (Å²) >= 11 is 0. The Kier molecular flexibility index (Phi) is 7.53. The first-order valence-corrected chi connectivity index (χ1v) is 7.29. The lowest BCUT2D eigenvalue weighted by atomic mass is 10.1. The number of anilines is 1. The molecule has 0 spiro atoms. The fourth-order valence-electron chi connectivity index (χ4n) is 2.18. The Morgan fingerprint density at radius 2 is 1.79 bits per heavy atom. The summed E-state index contributed by atoms with van der Waals surface area (Å²) in [5, 5.41) is 3.49. The second-order valence-corrected chi connectivity index (χ2v) is 5.38. The van der Waals surface area contributed by atoms with E-state index in [-0.39, 0.29) is 0 Å². The molecule has 1 N–H and O–H groups in total. The van der Waals surface area contributed by atoms with Gasteiger partial charge in [-0.1, -0.05) is 25.1 Å². The van der Waals surface area contributed by atoms with Crippen LogP contribution < -0.4 is 10.2 Å². The van der Waals surface area contributed by atoms with E-state index in [1.807, 2.05) is 0 Å². The minimum Gasteiger partial charge on any atom is -0.374 e. The average Bonchev–Trinajstić information content (AvgIpc) is 2.39. The van der Waals surface area contributed by atoms with E-state index in [2.05, 4.69) is 67.4 Å². The molecule has 0 aliphatic rings. The van der Waals surface area contributed by atoms with Gasteiger partial charge in [0.2, 0.25) is 0 Å². The van der Waals surface area contributed by atoms with Crippen LogP contribution in [0.25, 0.3) is 0 Å². The van der Waals surface area contributed by atoms with Gasteiger partial charge in [-0.05, 0) is 51.7 Å². The lowest BCUT2D eigenvalue weighted by molar-refractivity contribution is 0.401. The highest BCUT2D eigenvalue weighted by Crippen LogP contribution is 2.19. The maximum Gasteiger partial charge on any atom is 0.0409 e. The molecule has 0 aliphatic heterocycles. The molecular formula is C16H29N3. The molecule has 3 heteroatoms. The molecule has 0 saturated heterocycles. The highest BCUT2D eigenvalue weighted by Gasteiger charge is 2.06. The molecule has 1 aromatic carbocycles. The Morgan fingerprint density at radius 1 is 1.05 bits per heavy atom. The number of benzene rings is 1. The van der Waals surface area contributed by atoms with Gasteiger partial charge in [0.15, 0.2) is 0 Å². The van der Waals surface area contributed by atoms with Crippen molar-refractivity contribution in [1.29, 1.82) is 0 Å². The molecule has 1 aromatic rings. The van der Waals surface area contributed by atoms with Gasteiger partial charge in [-0.3, -0.25) is 0 Å². The summed E-state index contributed by atoms with van der Waals surface area (Å²) < 4.78 is 0. The van der Waals surface area contributed by atoms with Crippen LogP contribution >= 0.6 is 0 Å². The number of rotatable bonds is 9. The van der Waals surface area contributed by atoms with Gasteiger partial charge in [-0.15, -0.1) is 0 Å². The molecule has 0 aliphatic carbocycles. The van der Waals surface area contributed by atoms with Crippen LogP contribution in [-0.4, -0.2) is 45.7 Å². The normalized spacial score (nSPS) is 11.0. The Morgan fingerprint density at radius 3 is 2.47 bits per heavy atom. The number of nitrogens with zero attached hydrogens (tertiary/aromatic N) is 2. The van der Waals surface area contributed by atoms with E-state index >= 15 is 0 Å². The second-order valence-electron chi connectivity index (χ2n) is 5.38. The maximum atomic E-state index is 3.49. The SMILES string of the molecule is CCCNCc1ccccc1N(C)CCCN(C)C. The first-order valence-electron chi connectivity index (χ1n) is 7.29. The highest BCUT2D eigenvalue weighted by atomic mass is 15.1. The smallest absolute Gasteiger partial charge is 0.0409 e. The van der Waals surface area contributed by atoms with Crippen molar-refractivity contribution in [3.8, 4) is 0 Å². The average molecular weight is 263 g/mol. The quantitative estimate of drug-likeness (QED) is 0.691. The molecule has 0 amide bonds. The molecule has 108 valence electrons. The molecular weight excluding hydrogens is 234 g/mol. The molecule has 0 unspecified atom stereocenters. The number of nitrogens with one attached hydrogen (secondary N) is 1. The van der Waals surface area contributed by atoms with Crippen LogP contribution in [0.5, 0.6) is 0 Å². The summed E-state index contributed by atoms with van der Waals surface area (Å²) in [5.74, 6) is 0. The van der Waals surface area contributed by atoms with Gasteiger partial charge in [-0.2, -0.15) is 0 Å². The molecule has 0 fully saturated rings. The molecule has 0 heterocycles. The summed E-state index contributed by atoms with van der Waals surface area (Å²) in [6.45, 7) is 6.48. The summed E-state index contributed by atoms with van der Waals surface area (Å²) in [5.41, 5.74) is 2.74. The summed E-state index contributed by atoms with van der Waals surface area (Å²) in [4.78, 5) is 4.61. The van der Waals surface area contributed by atoms with E-state index in [0.717, 1.165) is 26.2 Å². The fourth-order valence-corrected chi connectivity index (χ4v) is 2.18. The Bertz CT molecular complexity index is 350. The zero-order chi connectivity index (χ0) is 14.1. The van der Waals surface area contributed by atoms with Crippen molar-refractivity contribution >= 4 is 5.69 Å². The Labute approximate surface area is 118 Å². The van der Waals surface area contributed by atoms with E-state index in [1.165, 1.54) is 24.1 Å². The van der Waals surface area contributed by atoms with E-state index in [1.54, 1.807) is 0 Å². The van der Waals surface area contributed by atoms with Crippen LogP contribution in [0.15, 0.2) is 24.3 Å². The van der Waals surface area contributed by atoms with Crippen LogP contribution in [-0.2, 0) is 6.54 Å². The predicted molar refractivity (Wildman–Crippen MR) is 84.9 cm³/mol. The van der Waals surface area contributed by atoms with Gasteiger partial charge >= 0.3 is 0 Å². The fraction of sp³-hybridized carbons (Fsp3) is 0.625. The van der Waals surface area contributed by atoms with Gasteiger partial charge in [0, 0.05) is 25.8 Å². The summed E-state index contributed by atoms with van der Waals surface area (Å²) in [6.07, 6.45) is 2.38. The van der Waals surface area contributed by atoms with Crippen molar-refractivity contribution in [2.45, 2.75) is 26.3 Å². The number of hydrogen-bond donors (Lipinski definition) is 1. The first kappa shape index (κ1) is 16.0. The van der Waals surface area contributed by atoms with Crippen molar-refractivity contribution in [3.63, 3.8) is 0 Å². The van der Waals surface area contributed by atoms with Crippen LogP contribution in [0, 0.1) is 0 Å². The number of hydrogen-bond acceptors (Lipinski definition) is 3. The van der Waals surface area contributed by atoms with Gasteiger partial charge in [-0.25, -0.2) is 0 Å². The zero-order valence-corrected chi connectivity index (χ0v) is 12.9. The second kappa shape index (κ2) is 8.94. The van der Waals surface area contributed by atoms with Crippen LogP contribution in [0.1, 0.15) is 25.3 Å². The van der Waals surface area contributed by atoms with Crippen molar-refractivity contribution in [2.75, 3.05) is 45.7 Å². The van der Waals surface area contributed by atoms with Crippen molar-refractivity contribution in [1.82, 2.24) is 10.2 Å². The molecule has 0 atom stereocenters. The van der Waals surface area contributed by atoms with Crippen molar-refractivity contribution < 1.29 is 0 Å². The highest BCUT2D eigenvalue weighted by molar-refractivity contribution is 5.52. The lowest BCUT2D eigenvalue weighted by Gasteiger charge is -2.23. The summed E-state index contributed by atoms with van der Waals surface area (Å²) in [7, 11) is 6.44. The van der Waals surface area contributed by atoms with Crippen LogP contribution in [0.4, 0.5) is 5.69 Å². The molecule has 0 saturated carbocycles. The van der Waals surface area contributed by atoms with Gasteiger partial charge in [0.1, 0.15) is 0 Å². The van der Waals surface area contributed by atoms with Crippen molar-refractivity contribution in [3.05, 3.63) is 29.8 Å². The van der Waals surface area contributed by atoms with Crippen molar-refractivity contribution in [2.24, 2.45) is 0 Å². The van der Waals surface area contributed by atoms with Gasteiger partial charge in [0.05, 0.1) is 0 Å². The third kappa shape index (κ3) is 6.08. The number of para-hydroxylation sites is 1. The van der Waals surface area contributed by atoms with E-state index in [4.69, 9.17) is 0 Å². The topological polar surface area (TPSA) is 18.5 Å². The molecule has 0 aromatic heterocycles.